The average Bonchev–Trinajstić information content (AvgIpc) is 2.97. The zero-order valence-electron chi connectivity index (χ0n) is 12.4. The Morgan fingerprint density at radius 2 is 2.00 bits per heavy atom. The van der Waals surface area contributed by atoms with Crippen molar-refractivity contribution in [1.82, 2.24) is 15.1 Å². The van der Waals surface area contributed by atoms with Gasteiger partial charge in [-0.2, -0.15) is 5.10 Å². The Labute approximate surface area is 121 Å². The first kappa shape index (κ1) is 14.9. The zero-order valence-corrected chi connectivity index (χ0v) is 13.2. The molecule has 0 aromatic carbocycles. The van der Waals surface area contributed by atoms with E-state index >= 15 is 0 Å². The van der Waals surface area contributed by atoms with Gasteiger partial charge in [0.25, 0.3) is 0 Å². The molecule has 1 aromatic heterocycles. The van der Waals surface area contributed by atoms with Crippen LogP contribution in [-0.4, -0.2) is 22.9 Å². The molecule has 108 valence electrons. The van der Waals surface area contributed by atoms with Gasteiger partial charge in [0, 0.05) is 13.6 Å². The highest BCUT2D eigenvalue weighted by Gasteiger charge is 2.35. The molecule has 2 rings (SSSR count). The molecule has 0 atom stereocenters. The van der Waals surface area contributed by atoms with Crippen LogP contribution in [0.4, 0.5) is 0 Å². The van der Waals surface area contributed by atoms with E-state index in [4.69, 9.17) is 11.6 Å². The van der Waals surface area contributed by atoms with Gasteiger partial charge in [0.15, 0.2) is 0 Å². The summed E-state index contributed by atoms with van der Waals surface area (Å²) in [5, 5.41) is 8.98. The molecule has 1 fully saturated rings. The molecule has 1 aliphatic carbocycles. The fourth-order valence-corrected chi connectivity index (χ4v) is 3.66. The van der Waals surface area contributed by atoms with E-state index in [2.05, 4.69) is 24.3 Å². The lowest BCUT2D eigenvalue weighted by atomic mass is 9.81. The van der Waals surface area contributed by atoms with E-state index in [1.54, 1.807) is 0 Å². The molecule has 0 saturated heterocycles. The van der Waals surface area contributed by atoms with E-state index in [0.717, 1.165) is 36.6 Å². The first-order valence-electron chi connectivity index (χ1n) is 7.53. The summed E-state index contributed by atoms with van der Waals surface area (Å²) in [6.07, 6.45) is 7.28. The highest BCUT2D eigenvalue weighted by atomic mass is 35.5. The summed E-state index contributed by atoms with van der Waals surface area (Å²) >= 11 is 6.50. The highest BCUT2D eigenvalue weighted by molar-refractivity contribution is 6.31. The first-order valence-corrected chi connectivity index (χ1v) is 7.90. The van der Waals surface area contributed by atoms with Gasteiger partial charge in [-0.1, -0.05) is 38.3 Å². The van der Waals surface area contributed by atoms with Crippen LogP contribution in [0.15, 0.2) is 0 Å². The minimum Gasteiger partial charge on any atom is -0.316 e. The zero-order chi connectivity index (χ0) is 13.9. The fraction of sp³-hybridized carbons (Fsp3) is 0.800. The largest absolute Gasteiger partial charge is 0.316 e. The van der Waals surface area contributed by atoms with Gasteiger partial charge in [0.05, 0.1) is 16.4 Å². The quantitative estimate of drug-likeness (QED) is 0.868. The van der Waals surface area contributed by atoms with Gasteiger partial charge in [0.1, 0.15) is 0 Å². The number of aromatic nitrogens is 2. The maximum atomic E-state index is 6.50. The predicted molar refractivity (Wildman–Crippen MR) is 80.7 cm³/mol. The molecule has 1 saturated carbocycles. The lowest BCUT2D eigenvalue weighted by molar-refractivity contribution is 0.274. The second-order valence-electron chi connectivity index (χ2n) is 5.85. The monoisotopic (exact) mass is 283 g/mol. The summed E-state index contributed by atoms with van der Waals surface area (Å²) in [4.78, 5) is 0. The molecule has 3 nitrogen and oxygen atoms in total. The average molecular weight is 284 g/mol. The van der Waals surface area contributed by atoms with Crippen LogP contribution in [0.1, 0.15) is 50.9 Å². The third-order valence-electron chi connectivity index (χ3n) is 4.46. The van der Waals surface area contributed by atoms with Crippen molar-refractivity contribution in [3.05, 3.63) is 16.4 Å². The molecule has 0 bridgehead atoms. The molecule has 4 heteroatoms. The summed E-state index contributed by atoms with van der Waals surface area (Å²) in [5.41, 5.74) is 2.65. The number of hydrogen-bond donors (Lipinski definition) is 1. The van der Waals surface area contributed by atoms with Crippen LogP contribution in [0.5, 0.6) is 0 Å². The van der Waals surface area contributed by atoms with Crippen LogP contribution in [-0.2, 0) is 19.9 Å². The molecule has 19 heavy (non-hydrogen) atoms. The lowest BCUT2D eigenvalue weighted by Crippen LogP contribution is -2.34. The summed E-state index contributed by atoms with van der Waals surface area (Å²) in [7, 11) is 2.02. The van der Waals surface area contributed by atoms with Crippen molar-refractivity contribution in [3.63, 3.8) is 0 Å². The van der Waals surface area contributed by atoms with Crippen molar-refractivity contribution < 1.29 is 0 Å². The van der Waals surface area contributed by atoms with Crippen LogP contribution in [0.2, 0.25) is 5.02 Å². The molecule has 0 radical (unpaired) electrons. The standard InChI is InChI=1S/C15H26ClN3/c1-4-12-14(16)13(19(3)18-12)10-15(11-17-5-2)8-6-7-9-15/h17H,4-11H2,1-3H3. The Morgan fingerprint density at radius 1 is 1.32 bits per heavy atom. The molecular formula is C15H26ClN3. The van der Waals surface area contributed by atoms with Crippen molar-refractivity contribution in [2.45, 2.75) is 52.4 Å². The maximum absolute atomic E-state index is 6.50. The molecule has 1 aromatic rings. The minimum absolute atomic E-state index is 0.387. The molecule has 1 aliphatic rings. The van der Waals surface area contributed by atoms with Crippen molar-refractivity contribution >= 4 is 11.6 Å². The van der Waals surface area contributed by atoms with Gasteiger partial charge in [0.2, 0.25) is 0 Å². The van der Waals surface area contributed by atoms with Gasteiger partial charge in [-0.15, -0.1) is 0 Å². The fourth-order valence-electron chi connectivity index (χ4n) is 3.30. The summed E-state index contributed by atoms with van der Waals surface area (Å²) in [5.74, 6) is 0. The Balaban J connectivity index is 2.19. The van der Waals surface area contributed by atoms with Crippen molar-refractivity contribution in [2.75, 3.05) is 13.1 Å². The molecule has 0 unspecified atom stereocenters. The number of nitrogens with zero attached hydrogens (tertiary/aromatic N) is 2. The van der Waals surface area contributed by atoms with E-state index < -0.39 is 0 Å². The second-order valence-corrected chi connectivity index (χ2v) is 6.23. The number of rotatable bonds is 6. The van der Waals surface area contributed by atoms with Gasteiger partial charge in [-0.05, 0) is 37.6 Å². The maximum Gasteiger partial charge on any atom is 0.0849 e. The second kappa shape index (κ2) is 6.27. The Bertz CT molecular complexity index is 419. The Kier molecular flexibility index (Phi) is 4.91. The highest BCUT2D eigenvalue weighted by Crippen LogP contribution is 2.41. The molecule has 0 aliphatic heterocycles. The third kappa shape index (κ3) is 3.14. The van der Waals surface area contributed by atoms with Crippen LogP contribution in [0.25, 0.3) is 0 Å². The van der Waals surface area contributed by atoms with E-state index in [1.807, 2.05) is 11.7 Å². The number of halogens is 1. The SMILES string of the molecule is CCNCC1(Cc2c(Cl)c(CC)nn2C)CCCC1. The molecule has 1 N–H and O–H groups in total. The number of aryl methyl sites for hydroxylation is 2. The topological polar surface area (TPSA) is 29.9 Å². The number of hydrogen-bond acceptors (Lipinski definition) is 2. The predicted octanol–water partition coefficient (Wildman–Crippen LogP) is 3.35. The third-order valence-corrected chi connectivity index (χ3v) is 4.90. The van der Waals surface area contributed by atoms with Crippen molar-refractivity contribution in [1.29, 1.82) is 0 Å². The van der Waals surface area contributed by atoms with Crippen LogP contribution in [0, 0.1) is 5.41 Å². The van der Waals surface area contributed by atoms with Crippen LogP contribution < -0.4 is 5.32 Å². The van der Waals surface area contributed by atoms with Crippen LogP contribution >= 0.6 is 11.6 Å². The lowest BCUT2D eigenvalue weighted by Gasteiger charge is -2.29. The van der Waals surface area contributed by atoms with E-state index in [0.29, 0.717) is 5.41 Å². The molecular weight excluding hydrogens is 258 g/mol. The van der Waals surface area contributed by atoms with E-state index in [9.17, 15) is 0 Å². The molecule has 0 amide bonds. The minimum atomic E-state index is 0.387. The van der Waals surface area contributed by atoms with E-state index in [1.165, 1.54) is 31.4 Å². The Morgan fingerprint density at radius 3 is 2.53 bits per heavy atom. The Hall–Kier alpha value is -0.540. The van der Waals surface area contributed by atoms with Gasteiger partial charge < -0.3 is 5.32 Å². The molecule has 0 spiro atoms. The summed E-state index contributed by atoms with van der Waals surface area (Å²) < 4.78 is 1.99. The van der Waals surface area contributed by atoms with Crippen molar-refractivity contribution in [2.24, 2.45) is 12.5 Å². The smallest absolute Gasteiger partial charge is 0.0849 e. The first-order chi connectivity index (χ1) is 9.12. The van der Waals surface area contributed by atoms with Gasteiger partial charge in [-0.3, -0.25) is 4.68 Å². The van der Waals surface area contributed by atoms with E-state index in [-0.39, 0.29) is 0 Å². The van der Waals surface area contributed by atoms with Gasteiger partial charge >= 0.3 is 0 Å². The van der Waals surface area contributed by atoms with Crippen LogP contribution in [0.3, 0.4) is 0 Å². The van der Waals surface area contributed by atoms with Crippen molar-refractivity contribution in [3.8, 4) is 0 Å². The van der Waals surface area contributed by atoms with Gasteiger partial charge in [-0.25, -0.2) is 0 Å². The normalized spacial score (nSPS) is 18.1. The number of nitrogens with one attached hydrogen (secondary N) is 1. The molecule has 1 heterocycles. The summed E-state index contributed by atoms with van der Waals surface area (Å²) in [6.45, 7) is 6.43. The summed E-state index contributed by atoms with van der Waals surface area (Å²) in [6, 6.07) is 0.